The van der Waals surface area contributed by atoms with Crippen LogP contribution >= 0.6 is 11.3 Å². The van der Waals surface area contributed by atoms with E-state index in [2.05, 4.69) is 0 Å². The highest BCUT2D eigenvalue weighted by Crippen LogP contribution is 2.46. The fourth-order valence-corrected chi connectivity index (χ4v) is 6.69. The summed E-state index contributed by atoms with van der Waals surface area (Å²) in [5.74, 6) is 0. The number of thiophene rings is 1. The van der Waals surface area contributed by atoms with Crippen LogP contribution in [-0.4, -0.2) is 32.4 Å². The summed E-state index contributed by atoms with van der Waals surface area (Å²) >= 11 is 1.37. The van der Waals surface area contributed by atoms with Gasteiger partial charge in [-0.1, -0.05) is 12.8 Å². The highest BCUT2D eigenvalue weighted by Gasteiger charge is 2.40. The van der Waals surface area contributed by atoms with E-state index >= 15 is 0 Å². The van der Waals surface area contributed by atoms with Crippen molar-refractivity contribution >= 4 is 21.4 Å². The number of hydrogen-bond acceptors (Lipinski definition) is 4. The summed E-state index contributed by atoms with van der Waals surface area (Å²) in [5.41, 5.74) is 5.99. The van der Waals surface area contributed by atoms with Crippen molar-refractivity contribution in [3.63, 3.8) is 0 Å². The Morgan fingerprint density at radius 2 is 1.81 bits per heavy atom. The van der Waals surface area contributed by atoms with Crippen molar-refractivity contribution in [1.82, 2.24) is 4.31 Å². The maximum Gasteiger partial charge on any atom is 0.252 e. The number of nitrogens with two attached hydrogens (primary N) is 1. The van der Waals surface area contributed by atoms with Crippen LogP contribution in [0, 0.1) is 5.41 Å². The molecule has 1 aromatic rings. The third-order valence-electron chi connectivity index (χ3n) is 5.07. The van der Waals surface area contributed by atoms with Crippen LogP contribution in [0.25, 0.3) is 0 Å². The van der Waals surface area contributed by atoms with Crippen LogP contribution in [0.3, 0.4) is 0 Å². The molecule has 0 bridgehead atoms. The van der Waals surface area contributed by atoms with Crippen molar-refractivity contribution in [3.05, 3.63) is 17.0 Å². The maximum absolute atomic E-state index is 12.7. The zero-order valence-corrected chi connectivity index (χ0v) is 14.0. The summed E-state index contributed by atoms with van der Waals surface area (Å²) in [6.07, 6.45) is 8.05. The molecule has 6 heteroatoms. The topological polar surface area (TPSA) is 63.4 Å². The van der Waals surface area contributed by atoms with Gasteiger partial charge in [-0.05, 0) is 56.2 Å². The van der Waals surface area contributed by atoms with Gasteiger partial charge in [0.05, 0.1) is 0 Å². The summed E-state index contributed by atoms with van der Waals surface area (Å²) in [5, 5.41) is 0. The number of nitrogens with zero attached hydrogens (tertiary/aromatic N) is 1. The Morgan fingerprint density at radius 3 is 2.43 bits per heavy atom. The van der Waals surface area contributed by atoms with Gasteiger partial charge in [0, 0.05) is 18.0 Å². The molecule has 4 nitrogen and oxygen atoms in total. The lowest BCUT2D eigenvalue weighted by Crippen LogP contribution is -2.41. The van der Waals surface area contributed by atoms with Crippen molar-refractivity contribution in [3.8, 4) is 0 Å². The van der Waals surface area contributed by atoms with Gasteiger partial charge < -0.3 is 5.73 Å². The minimum Gasteiger partial charge on any atom is -0.330 e. The van der Waals surface area contributed by atoms with Crippen LogP contribution in [0.1, 0.15) is 43.4 Å². The standard InChI is InChI=1S/C15H24N2O2S2/c16-10-5-13-3-4-14(20-13)21(18,19)17-11-8-15(9-12-17)6-1-2-7-15/h3-4H,1-2,5-12,16H2. The van der Waals surface area contributed by atoms with Crippen molar-refractivity contribution in [2.24, 2.45) is 11.1 Å². The van der Waals surface area contributed by atoms with E-state index in [0.717, 1.165) is 24.1 Å². The third-order valence-corrected chi connectivity index (χ3v) is 8.58. The van der Waals surface area contributed by atoms with Crippen molar-refractivity contribution < 1.29 is 8.42 Å². The lowest BCUT2D eigenvalue weighted by Gasteiger charge is -2.38. The van der Waals surface area contributed by atoms with E-state index in [1.807, 2.05) is 6.07 Å². The SMILES string of the molecule is NCCc1ccc(S(=O)(=O)N2CCC3(CCCC3)CC2)s1. The largest absolute Gasteiger partial charge is 0.330 e. The molecule has 1 spiro atoms. The van der Waals surface area contributed by atoms with Crippen LogP contribution in [-0.2, 0) is 16.4 Å². The average Bonchev–Trinajstić information content (AvgIpc) is 3.10. The smallest absolute Gasteiger partial charge is 0.252 e. The highest BCUT2D eigenvalue weighted by atomic mass is 32.2. The lowest BCUT2D eigenvalue weighted by molar-refractivity contribution is 0.160. The highest BCUT2D eigenvalue weighted by molar-refractivity contribution is 7.91. The fraction of sp³-hybridized carbons (Fsp3) is 0.733. The molecule has 1 aliphatic carbocycles. The monoisotopic (exact) mass is 328 g/mol. The van der Waals surface area contributed by atoms with E-state index < -0.39 is 10.0 Å². The maximum atomic E-state index is 12.7. The first-order chi connectivity index (χ1) is 10.1. The van der Waals surface area contributed by atoms with Gasteiger partial charge >= 0.3 is 0 Å². The summed E-state index contributed by atoms with van der Waals surface area (Å²) in [6.45, 7) is 1.94. The van der Waals surface area contributed by atoms with Crippen LogP contribution < -0.4 is 5.73 Å². The van der Waals surface area contributed by atoms with Crippen LogP contribution in [0.4, 0.5) is 0 Å². The first kappa shape index (κ1) is 15.5. The minimum atomic E-state index is -3.29. The molecule has 2 heterocycles. The normalized spacial score (nSPS) is 22.9. The van der Waals surface area contributed by atoms with E-state index in [1.54, 1.807) is 10.4 Å². The molecular weight excluding hydrogens is 304 g/mol. The summed E-state index contributed by atoms with van der Waals surface area (Å²) in [6, 6.07) is 3.64. The summed E-state index contributed by atoms with van der Waals surface area (Å²) in [4.78, 5) is 1.06. The molecule has 0 atom stereocenters. The second kappa shape index (κ2) is 5.99. The Hall–Kier alpha value is -0.430. The number of rotatable bonds is 4. The first-order valence-electron chi connectivity index (χ1n) is 7.85. The van der Waals surface area contributed by atoms with Crippen molar-refractivity contribution in [2.75, 3.05) is 19.6 Å². The van der Waals surface area contributed by atoms with Gasteiger partial charge in [0.15, 0.2) is 0 Å². The molecule has 118 valence electrons. The van der Waals surface area contributed by atoms with E-state index in [0.29, 0.717) is 29.3 Å². The minimum absolute atomic E-state index is 0.451. The van der Waals surface area contributed by atoms with Gasteiger partial charge in [0.2, 0.25) is 0 Å². The molecule has 1 aromatic heterocycles. The van der Waals surface area contributed by atoms with Crippen molar-refractivity contribution in [1.29, 1.82) is 0 Å². The molecule has 1 saturated carbocycles. The predicted molar refractivity (Wildman–Crippen MR) is 86.0 cm³/mol. The molecule has 21 heavy (non-hydrogen) atoms. The molecule has 0 amide bonds. The van der Waals surface area contributed by atoms with Crippen LogP contribution in [0.5, 0.6) is 0 Å². The van der Waals surface area contributed by atoms with Gasteiger partial charge in [0.25, 0.3) is 10.0 Å². The molecule has 2 fully saturated rings. The Morgan fingerprint density at radius 1 is 1.14 bits per heavy atom. The molecule has 2 N–H and O–H groups in total. The van der Waals surface area contributed by atoms with E-state index in [4.69, 9.17) is 5.73 Å². The van der Waals surface area contributed by atoms with Crippen molar-refractivity contribution in [2.45, 2.75) is 49.2 Å². The number of hydrogen-bond donors (Lipinski definition) is 1. The van der Waals surface area contributed by atoms with E-state index in [-0.39, 0.29) is 0 Å². The molecule has 0 unspecified atom stereocenters. The van der Waals surface area contributed by atoms with Crippen LogP contribution in [0.15, 0.2) is 16.3 Å². The Balaban J connectivity index is 1.70. The molecule has 0 aromatic carbocycles. The van der Waals surface area contributed by atoms with Gasteiger partial charge in [-0.3, -0.25) is 0 Å². The summed E-state index contributed by atoms with van der Waals surface area (Å²) < 4.78 is 27.6. The third kappa shape index (κ3) is 3.04. The molecule has 0 radical (unpaired) electrons. The lowest BCUT2D eigenvalue weighted by atomic mass is 9.78. The predicted octanol–water partition coefficient (Wildman–Crippen LogP) is 2.59. The number of piperidine rings is 1. The summed E-state index contributed by atoms with van der Waals surface area (Å²) in [7, 11) is -3.29. The molecular formula is C15H24N2O2S2. The zero-order chi connectivity index (χ0) is 14.9. The van der Waals surface area contributed by atoms with Gasteiger partial charge in [-0.2, -0.15) is 4.31 Å². The zero-order valence-electron chi connectivity index (χ0n) is 12.4. The molecule has 1 saturated heterocycles. The molecule has 1 aliphatic heterocycles. The second-order valence-electron chi connectivity index (χ2n) is 6.37. The Bertz CT molecular complexity index is 579. The van der Waals surface area contributed by atoms with Gasteiger partial charge in [-0.25, -0.2) is 8.42 Å². The van der Waals surface area contributed by atoms with E-state index in [9.17, 15) is 8.42 Å². The average molecular weight is 329 g/mol. The fourth-order valence-electron chi connectivity index (χ4n) is 3.73. The first-order valence-corrected chi connectivity index (χ1v) is 10.1. The molecule has 2 aliphatic rings. The Labute approximate surface area is 131 Å². The Kier molecular flexibility index (Phi) is 4.41. The van der Waals surface area contributed by atoms with Crippen LogP contribution in [0.2, 0.25) is 0 Å². The van der Waals surface area contributed by atoms with Gasteiger partial charge in [0.1, 0.15) is 4.21 Å². The second-order valence-corrected chi connectivity index (χ2v) is 9.70. The molecule has 3 rings (SSSR count). The van der Waals surface area contributed by atoms with Gasteiger partial charge in [-0.15, -0.1) is 11.3 Å². The quantitative estimate of drug-likeness (QED) is 0.924. The number of sulfonamides is 1. The van der Waals surface area contributed by atoms with E-state index in [1.165, 1.54) is 37.0 Å².